The third kappa shape index (κ3) is 3.89. The number of ether oxygens (including phenoxy) is 1. The van der Waals surface area contributed by atoms with Crippen molar-refractivity contribution in [3.05, 3.63) is 69.6 Å². The van der Waals surface area contributed by atoms with Gasteiger partial charge in [0.2, 0.25) is 0 Å². The van der Waals surface area contributed by atoms with Crippen molar-refractivity contribution in [2.24, 2.45) is 0 Å². The molecule has 3 rings (SSSR count). The Morgan fingerprint density at radius 3 is 2.76 bits per heavy atom. The highest BCUT2D eigenvalue weighted by atomic mass is 35.5. The van der Waals surface area contributed by atoms with Crippen LogP contribution in [0.1, 0.15) is 15.9 Å². The van der Waals surface area contributed by atoms with Gasteiger partial charge < -0.3 is 4.74 Å². The van der Waals surface area contributed by atoms with Crippen molar-refractivity contribution in [1.29, 1.82) is 0 Å². The third-order valence-electron chi connectivity index (χ3n) is 3.58. The van der Waals surface area contributed by atoms with Crippen molar-refractivity contribution in [2.75, 3.05) is 6.26 Å². The van der Waals surface area contributed by atoms with Gasteiger partial charge >= 0.3 is 5.97 Å². The fraction of sp³-hybridized carbons (Fsp3) is 0.111. The first-order valence-electron chi connectivity index (χ1n) is 7.24. The van der Waals surface area contributed by atoms with E-state index < -0.39 is 11.8 Å². The number of nitrogens with zero attached hydrogens (tertiary/aromatic N) is 1. The second-order valence-corrected chi connectivity index (χ2v) is 6.81. The minimum atomic E-state index is -0.850. The highest BCUT2D eigenvalue weighted by molar-refractivity contribution is 7.98. The summed E-state index contributed by atoms with van der Waals surface area (Å²) in [4.78, 5) is 17.5. The third-order valence-corrected chi connectivity index (χ3v) is 4.94. The predicted octanol–water partition coefficient (Wildman–Crippen LogP) is 5.76. The van der Waals surface area contributed by atoms with Crippen LogP contribution in [0.3, 0.4) is 0 Å². The molecule has 0 aliphatic rings. The fourth-order valence-corrected chi connectivity index (χ4v) is 3.18. The van der Waals surface area contributed by atoms with Crippen LogP contribution >= 0.6 is 35.0 Å². The van der Waals surface area contributed by atoms with Gasteiger partial charge in [-0.1, -0.05) is 35.3 Å². The topological polar surface area (TPSA) is 39.2 Å². The van der Waals surface area contributed by atoms with Crippen LogP contribution in [0.5, 0.6) is 0 Å². The number of aromatic nitrogens is 1. The maximum absolute atomic E-state index is 13.8. The maximum Gasteiger partial charge on any atom is 0.342 e. The summed E-state index contributed by atoms with van der Waals surface area (Å²) in [5.74, 6) is -1.58. The Morgan fingerprint density at radius 1 is 1.24 bits per heavy atom. The molecule has 7 heteroatoms. The number of rotatable bonds is 4. The number of benzene rings is 2. The number of hydrogen-bond donors (Lipinski definition) is 0. The summed E-state index contributed by atoms with van der Waals surface area (Å²) in [6.45, 7) is -0.129. The molecular formula is C18H12Cl2FNO2S. The molecule has 0 N–H and O–H groups in total. The molecule has 1 aromatic heterocycles. The molecular weight excluding hydrogens is 384 g/mol. The van der Waals surface area contributed by atoms with Gasteiger partial charge in [0.1, 0.15) is 23.1 Å². The van der Waals surface area contributed by atoms with Crippen molar-refractivity contribution in [2.45, 2.75) is 11.5 Å². The number of halogens is 3. The predicted molar refractivity (Wildman–Crippen MR) is 99.1 cm³/mol. The second-order valence-electron chi connectivity index (χ2n) is 5.17. The summed E-state index contributed by atoms with van der Waals surface area (Å²) in [5, 5.41) is 1.10. The Balaban J connectivity index is 1.83. The van der Waals surface area contributed by atoms with E-state index >= 15 is 0 Å². The van der Waals surface area contributed by atoms with E-state index in [9.17, 15) is 9.18 Å². The Kier molecular flexibility index (Phi) is 5.47. The highest BCUT2D eigenvalue weighted by Gasteiger charge is 2.18. The van der Waals surface area contributed by atoms with Crippen molar-refractivity contribution in [3.63, 3.8) is 0 Å². The van der Waals surface area contributed by atoms with Crippen LogP contribution in [0, 0.1) is 5.82 Å². The molecule has 0 bridgehead atoms. The summed E-state index contributed by atoms with van der Waals surface area (Å²) in [6.07, 6.45) is 1.98. The molecule has 2 aromatic carbocycles. The second kappa shape index (κ2) is 7.60. The van der Waals surface area contributed by atoms with Crippen molar-refractivity contribution in [3.8, 4) is 0 Å². The number of carbonyl (C=O) groups is 1. The zero-order chi connectivity index (χ0) is 18.0. The summed E-state index contributed by atoms with van der Waals surface area (Å²) >= 11 is 13.7. The van der Waals surface area contributed by atoms with Crippen LogP contribution in [0.2, 0.25) is 10.2 Å². The first-order chi connectivity index (χ1) is 12.0. The SMILES string of the molecule is CSc1ccc2cc(COC(=O)c3c(F)cccc3Cl)c(Cl)nc2c1. The van der Waals surface area contributed by atoms with E-state index in [0.29, 0.717) is 5.56 Å². The van der Waals surface area contributed by atoms with E-state index in [1.165, 1.54) is 12.1 Å². The smallest absolute Gasteiger partial charge is 0.342 e. The number of esters is 1. The molecule has 0 unspecified atom stereocenters. The molecule has 0 aliphatic heterocycles. The van der Waals surface area contributed by atoms with Gasteiger partial charge in [-0.25, -0.2) is 14.2 Å². The molecule has 0 saturated carbocycles. The molecule has 0 fully saturated rings. The van der Waals surface area contributed by atoms with Gasteiger partial charge in [0.05, 0.1) is 10.5 Å². The van der Waals surface area contributed by atoms with E-state index in [1.54, 1.807) is 17.8 Å². The minimum Gasteiger partial charge on any atom is -0.457 e. The summed E-state index contributed by atoms with van der Waals surface area (Å²) < 4.78 is 18.9. The van der Waals surface area contributed by atoms with Crippen LogP contribution in [-0.4, -0.2) is 17.2 Å². The van der Waals surface area contributed by atoms with E-state index in [0.717, 1.165) is 21.9 Å². The van der Waals surface area contributed by atoms with Crippen molar-refractivity contribution >= 4 is 51.8 Å². The van der Waals surface area contributed by atoms with E-state index in [2.05, 4.69) is 4.98 Å². The molecule has 0 amide bonds. The standard InChI is InChI=1S/C18H12Cl2FNO2S/c1-25-12-6-5-10-7-11(17(20)22-15(10)8-12)9-24-18(23)16-13(19)3-2-4-14(16)21/h2-8H,9H2,1H3. The van der Waals surface area contributed by atoms with E-state index in [4.69, 9.17) is 27.9 Å². The first-order valence-corrected chi connectivity index (χ1v) is 9.22. The van der Waals surface area contributed by atoms with Crippen molar-refractivity contribution < 1.29 is 13.9 Å². The molecule has 3 nitrogen and oxygen atoms in total. The zero-order valence-corrected chi connectivity index (χ0v) is 15.4. The Bertz CT molecular complexity index is 945. The summed E-state index contributed by atoms with van der Waals surface area (Å²) in [5.41, 5.74) is 0.995. The molecule has 0 spiro atoms. The lowest BCUT2D eigenvalue weighted by Gasteiger charge is -2.09. The van der Waals surface area contributed by atoms with Crippen LogP contribution in [-0.2, 0) is 11.3 Å². The number of carbonyl (C=O) groups excluding carboxylic acids is 1. The molecule has 0 aliphatic carbocycles. The monoisotopic (exact) mass is 395 g/mol. The lowest BCUT2D eigenvalue weighted by atomic mass is 10.1. The molecule has 25 heavy (non-hydrogen) atoms. The van der Waals surface area contributed by atoms with Gasteiger partial charge in [-0.3, -0.25) is 0 Å². The Hall–Kier alpha value is -1.82. The van der Waals surface area contributed by atoms with Crippen LogP contribution in [0.4, 0.5) is 4.39 Å². The van der Waals surface area contributed by atoms with Gasteiger partial charge in [-0.2, -0.15) is 0 Å². The zero-order valence-electron chi connectivity index (χ0n) is 13.1. The Labute approximate surface area is 158 Å². The van der Waals surface area contributed by atoms with E-state index in [-0.39, 0.29) is 22.3 Å². The molecule has 0 radical (unpaired) electrons. The van der Waals surface area contributed by atoms with Gasteiger partial charge in [0, 0.05) is 15.8 Å². The number of hydrogen-bond acceptors (Lipinski definition) is 4. The van der Waals surface area contributed by atoms with Gasteiger partial charge in [-0.05, 0) is 36.6 Å². The van der Waals surface area contributed by atoms with Gasteiger partial charge in [0.15, 0.2) is 0 Å². The quantitative estimate of drug-likeness (QED) is 0.319. The lowest BCUT2D eigenvalue weighted by molar-refractivity contribution is 0.0467. The largest absolute Gasteiger partial charge is 0.457 e. The fourth-order valence-electron chi connectivity index (χ4n) is 2.30. The molecule has 3 aromatic rings. The lowest BCUT2D eigenvalue weighted by Crippen LogP contribution is -2.09. The van der Waals surface area contributed by atoms with Crippen LogP contribution in [0.15, 0.2) is 47.4 Å². The van der Waals surface area contributed by atoms with Crippen LogP contribution < -0.4 is 0 Å². The number of pyridine rings is 1. The number of thioether (sulfide) groups is 1. The summed E-state index contributed by atoms with van der Waals surface area (Å²) in [6, 6.07) is 11.6. The van der Waals surface area contributed by atoms with Crippen molar-refractivity contribution in [1.82, 2.24) is 4.98 Å². The van der Waals surface area contributed by atoms with E-state index in [1.807, 2.05) is 24.5 Å². The maximum atomic E-state index is 13.8. The molecule has 1 heterocycles. The molecule has 0 saturated heterocycles. The van der Waals surface area contributed by atoms with Gasteiger partial charge in [-0.15, -0.1) is 11.8 Å². The van der Waals surface area contributed by atoms with Crippen LogP contribution in [0.25, 0.3) is 10.9 Å². The average Bonchev–Trinajstić information content (AvgIpc) is 2.59. The molecule has 0 atom stereocenters. The first kappa shape index (κ1) is 18.0. The average molecular weight is 396 g/mol. The Morgan fingerprint density at radius 2 is 2.04 bits per heavy atom. The normalized spacial score (nSPS) is 10.9. The highest BCUT2D eigenvalue weighted by Crippen LogP contribution is 2.26. The molecule has 128 valence electrons. The van der Waals surface area contributed by atoms with Gasteiger partial charge in [0.25, 0.3) is 0 Å². The minimum absolute atomic E-state index is 0.00247. The number of fused-ring (bicyclic) bond motifs is 1. The summed E-state index contributed by atoms with van der Waals surface area (Å²) in [7, 11) is 0.